The van der Waals surface area contributed by atoms with Crippen LogP contribution in [0.15, 0.2) is 54.6 Å². The number of benzene rings is 2. The van der Waals surface area contributed by atoms with E-state index in [1.165, 1.54) is 18.7 Å². The maximum absolute atomic E-state index is 12.2. The van der Waals surface area contributed by atoms with Crippen LogP contribution in [-0.4, -0.2) is 22.8 Å². The first-order chi connectivity index (χ1) is 11.0. The summed E-state index contributed by atoms with van der Waals surface area (Å²) in [4.78, 5) is 23.6. The van der Waals surface area contributed by atoms with Gasteiger partial charge in [0.1, 0.15) is 0 Å². The zero-order valence-electron chi connectivity index (χ0n) is 12.8. The van der Waals surface area contributed by atoms with Crippen molar-refractivity contribution < 1.29 is 9.59 Å². The number of halogens is 1. The Kier molecular flexibility index (Phi) is 6.68. The zero-order valence-corrected chi connectivity index (χ0v) is 14.4. The molecule has 1 amide bonds. The summed E-state index contributed by atoms with van der Waals surface area (Å²) in [5.74, 6) is 0.418. The predicted octanol–water partition coefficient (Wildman–Crippen LogP) is 3.96. The number of carbonyl (C=O) groups excluding carboxylic acids is 2. The molecule has 1 N–H and O–H groups in total. The van der Waals surface area contributed by atoms with Crippen molar-refractivity contribution in [3.8, 4) is 0 Å². The summed E-state index contributed by atoms with van der Waals surface area (Å²) in [5.41, 5.74) is 1.70. The van der Waals surface area contributed by atoms with Crippen LogP contribution in [0.4, 0.5) is 0 Å². The Morgan fingerprint density at radius 3 is 2.52 bits per heavy atom. The molecule has 0 bridgehead atoms. The lowest BCUT2D eigenvalue weighted by Gasteiger charge is -2.17. The first-order valence-corrected chi connectivity index (χ1v) is 8.64. The van der Waals surface area contributed by atoms with Gasteiger partial charge in [-0.1, -0.05) is 65.8 Å². The van der Waals surface area contributed by atoms with E-state index in [2.05, 4.69) is 5.32 Å². The lowest BCUT2D eigenvalue weighted by molar-refractivity contribution is -0.119. The normalized spacial score (nSPS) is 11.7. The van der Waals surface area contributed by atoms with Gasteiger partial charge in [-0.2, -0.15) is 0 Å². The molecule has 0 fully saturated rings. The molecule has 2 aromatic carbocycles. The van der Waals surface area contributed by atoms with Gasteiger partial charge < -0.3 is 5.32 Å². The molecule has 2 rings (SSSR count). The Morgan fingerprint density at radius 2 is 1.87 bits per heavy atom. The topological polar surface area (TPSA) is 46.2 Å². The predicted molar refractivity (Wildman–Crippen MR) is 96.0 cm³/mol. The van der Waals surface area contributed by atoms with Crippen molar-refractivity contribution in [2.24, 2.45) is 0 Å². The van der Waals surface area contributed by atoms with Gasteiger partial charge >= 0.3 is 0 Å². The summed E-state index contributed by atoms with van der Waals surface area (Å²) in [7, 11) is 0. The van der Waals surface area contributed by atoms with Gasteiger partial charge in [0.15, 0.2) is 0 Å². The summed E-state index contributed by atoms with van der Waals surface area (Å²) in [6, 6.07) is 16.7. The average molecular weight is 348 g/mol. The Morgan fingerprint density at radius 1 is 1.13 bits per heavy atom. The van der Waals surface area contributed by atoms with Gasteiger partial charge in [-0.05, 0) is 24.1 Å². The number of amides is 1. The van der Waals surface area contributed by atoms with E-state index in [1.807, 2.05) is 30.3 Å². The summed E-state index contributed by atoms with van der Waals surface area (Å²) in [6.45, 7) is 1.49. The van der Waals surface area contributed by atoms with Gasteiger partial charge in [0.05, 0.1) is 0 Å². The molecule has 23 heavy (non-hydrogen) atoms. The monoisotopic (exact) mass is 347 g/mol. The van der Waals surface area contributed by atoms with Gasteiger partial charge in [-0.3, -0.25) is 9.59 Å². The van der Waals surface area contributed by atoms with E-state index >= 15 is 0 Å². The summed E-state index contributed by atoms with van der Waals surface area (Å²) >= 11 is 7.10. The molecule has 3 nitrogen and oxygen atoms in total. The minimum Gasteiger partial charge on any atom is -0.352 e. The molecule has 0 heterocycles. The molecular formula is C18H18ClNO2S. The highest BCUT2D eigenvalue weighted by atomic mass is 35.5. The van der Waals surface area contributed by atoms with Crippen LogP contribution in [0.2, 0.25) is 5.02 Å². The molecule has 0 aliphatic carbocycles. The van der Waals surface area contributed by atoms with Crippen LogP contribution >= 0.6 is 23.4 Å². The number of hydrogen-bond acceptors (Lipinski definition) is 3. The average Bonchev–Trinajstić information content (AvgIpc) is 2.53. The van der Waals surface area contributed by atoms with E-state index in [-0.39, 0.29) is 17.1 Å². The molecule has 2 aromatic rings. The van der Waals surface area contributed by atoms with Crippen molar-refractivity contribution in [1.29, 1.82) is 0 Å². The van der Waals surface area contributed by atoms with Gasteiger partial charge in [0, 0.05) is 29.3 Å². The molecule has 0 aromatic heterocycles. The third kappa shape index (κ3) is 6.08. The quantitative estimate of drug-likeness (QED) is 0.860. The fraction of sp³-hybridized carbons (Fsp3) is 0.222. The molecule has 0 saturated heterocycles. The minimum atomic E-state index is -0.0956. The van der Waals surface area contributed by atoms with Gasteiger partial charge in [-0.25, -0.2) is 0 Å². The van der Waals surface area contributed by atoms with Crippen LogP contribution in [0, 0.1) is 0 Å². The van der Waals surface area contributed by atoms with E-state index in [0.717, 1.165) is 5.56 Å². The van der Waals surface area contributed by atoms with Crippen LogP contribution in [-0.2, 0) is 11.2 Å². The molecular weight excluding hydrogens is 330 g/mol. The third-order valence-electron chi connectivity index (χ3n) is 3.21. The van der Waals surface area contributed by atoms with Crippen molar-refractivity contribution >= 4 is 34.4 Å². The molecule has 0 spiro atoms. The van der Waals surface area contributed by atoms with E-state index in [4.69, 9.17) is 11.6 Å². The molecule has 5 heteroatoms. The van der Waals surface area contributed by atoms with Gasteiger partial charge in [0.2, 0.25) is 11.0 Å². The smallest absolute Gasteiger partial charge is 0.219 e. The molecule has 1 unspecified atom stereocenters. The molecule has 0 radical (unpaired) electrons. The number of rotatable bonds is 6. The number of nitrogens with one attached hydrogen (secondary N) is 1. The highest BCUT2D eigenvalue weighted by Crippen LogP contribution is 2.18. The van der Waals surface area contributed by atoms with Crippen LogP contribution in [0.5, 0.6) is 0 Å². The highest BCUT2D eigenvalue weighted by molar-refractivity contribution is 8.14. The largest absolute Gasteiger partial charge is 0.352 e. The molecule has 0 aliphatic heterocycles. The SMILES string of the molecule is CC(=O)NC(CSC(=O)c1cccc(Cl)c1)Cc1ccccc1. The number of thioether (sulfide) groups is 1. The fourth-order valence-corrected chi connectivity index (χ4v) is 3.25. The van der Waals surface area contributed by atoms with Gasteiger partial charge in [0.25, 0.3) is 0 Å². The van der Waals surface area contributed by atoms with Crippen LogP contribution in [0.1, 0.15) is 22.8 Å². The Balaban J connectivity index is 1.97. The number of carbonyl (C=O) groups is 2. The second-order valence-corrected chi connectivity index (χ2v) is 6.63. The van der Waals surface area contributed by atoms with E-state index < -0.39 is 0 Å². The van der Waals surface area contributed by atoms with Crippen LogP contribution in [0.3, 0.4) is 0 Å². The Bertz CT molecular complexity index is 676. The standard InChI is InChI=1S/C18H18ClNO2S/c1-13(21)20-17(10-14-6-3-2-4-7-14)12-23-18(22)15-8-5-9-16(19)11-15/h2-9,11,17H,10,12H2,1H3,(H,20,21). The minimum absolute atomic E-state index is 0.0455. The Hall–Kier alpha value is -1.78. The molecule has 0 aliphatic rings. The fourth-order valence-electron chi connectivity index (χ4n) is 2.21. The first kappa shape index (κ1) is 17.6. The van der Waals surface area contributed by atoms with Crippen molar-refractivity contribution in [3.05, 3.63) is 70.7 Å². The zero-order chi connectivity index (χ0) is 16.7. The van der Waals surface area contributed by atoms with Gasteiger partial charge in [-0.15, -0.1) is 0 Å². The maximum atomic E-state index is 12.2. The summed E-state index contributed by atoms with van der Waals surface area (Å²) in [5, 5.41) is 3.40. The lowest BCUT2D eigenvalue weighted by Crippen LogP contribution is -2.37. The van der Waals surface area contributed by atoms with Crippen LogP contribution < -0.4 is 5.32 Å². The van der Waals surface area contributed by atoms with Crippen molar-refractivity contribution in [2.45, 2.75) is 19.4 Å². The lowest BCUT2D eigenvalue weighted by atomic mass is 10.1. The molecule has 120 valence electrons. The number of hydrogen-bond donors (Lipinski definition) is 1. The second kappa shape index (κ2) is 8.75. The first-order valence-electron chi connectivity index (χ1n) is 7.28. The second-order valence-electron chi connectivity index (χ2n) is 5.20. The third-order valence-corrected chi connectivity index (χ3v) is 4.51. The Labute approximate surface area is 145 Å². The van der Waals surface area contributed by atoms with E-state index in [1.54, 1.807) is 24.3 Å². The molecule has 0 saturated carbocycles. The molecule has 1 atom stereocenters. The maximum Gasteiger partial charge on any atom is 0.219 e. The van der Waals surface area contributed by atoms with E-state index in [0.29, 0.717) is 22.8 Å². The van der Waals surface area contributed by atoms with Crippen molar-refractivity contribution in [2.75, 3.05) is 5.75 Å². The summed E-state index contributed by atoms with van der Waals surface area (Å²) in [6.07, 6.45) is 0.691. The van der Waals surface area contributed by atoms with E-state index in [9.17, 15) is 9.59 Å². The van der Waals surface area contributed by atoms with Crippen LogP contribution in [0.25, 0.3) is 0 Å². The van der Waals surface area contributed by atoms with Crippen molar-refractivity contribution in [1.82, 2.24) is 5.32 Å². The van der Waals surface area contributed by atoms with Crippen molar-refractivity contribution in [3.63, 3.8) is 0 Å². The summed E-state index contributed by atoms with van der Waals surface area (Å²) < 4.78 is 0. The highest BCUT2D eigenvalue weighted by Gasteiger charge is 2.15.